The minimum absolute atomic E-state index is 0.196. The summed E-state index contributed by atoms with van der Waals surface area (Å²) in [7, 11) is 3.19. The van der Waals surface area contributed by atoms with Gasteiger partial charge in [0, 0.05) is 10.5 Å². The first-order valence-corrected chi connectivity index (χ1v) is 8.70. The van der Waals surface area contributed by atoms with Crippen molar-refractivity contribution in [2.45, 2.75) is 17.9 Å². The Labute approximate surface area is 151 Å². The number of benzene rings is 2. The highest BCUT2D eigenvalue weighted by atomic mass is 32.2. The van der Waals surface area contributed by atoms with Gasteiger partial charge in [-0.15, -0.1) is 11.8 Å². The van der Waals surface area contributed by atoms with E-state index in [2.05, 4.69) is 11.4 Å². The summed E-state index contributed by atoms with van der Waals surface area (Å²) in [6, 6.07) is 14.5. The summed E-state index contributed by atoms with van der Waals surface area (Å²) in [5.74, 6) is 1.48. The van der Waals surface area contributed by atoms with Crippen LogP contribution in [0.5, 0.6) is 11.5 Å². The van der Waals surface area contributed by atoms with Gasteiger partial charge in [0.05, 0.1) is 37.6 Å². The maximum atomic E-state index is 12.7. The molecule has 0 saturated heterocycles. The molecule has 2 rings (SSSR count). The highest BCUT2D eigenvalue weighted by Crippen LogP contribution is 2.30. The normalized spacial score (nSPS) is 11.3. The van der Waals surface area contributed by atoms with E-state index in [-0.39, 0.29) is 11.9 Å². The quantitative estimate of drug-likeness (QED) is 0.764. The summed E-state index contributed by atoms with van der Waals surface area (Å²) < 4.78 is 10.6. The Hall–Kier alpha value is -2.65. The zero-order chi connectivity index (χ0) is 18.2. The molecule has 0 aliphatic carbocycles. The van der Waals surface area contributed by atoms with Crippen molar-refractivity contribution in [3.8, 4) is 17.6 Å². The fraction of sp³-hybridized carbons (Fsp3) is 0.263. The molecule has 5 nitrogen and oxygen atoms in total. The van der Waals surface area contributed by atoms with Gasteiger partial charge in [-0.2, -0.15) is 5.26 Å². The number of nitrogens with one attached hydrogen (secondary N) is 1. The van der Waals surface area contributed by atoms with Gasteiger partial charge in [-0.05, 0) is 37.3 Å². The number of rotatable bonds is 7. The topological polar surface area (TPSA) is 71.3 Å². The average molecular weight is 356 g/mol. The summed E-state index contributed by atoms with van der Waals surface area (Å²) in [5.41, 5.74) is 1.38. The standard InChI is InChI=1S/C19H20N2O3S/c1-13(16-12-14(23-2)8-9-17(16)24-3)21-19(22)15-6-4-5-7-18(15)25-11-10-20/h4-9,12-13H,11H2,1-3H3,(H,21,22)/t13-/m1/s1. The van der Waals surface area contributed by atoms with Crippen molar-refractivity contribution in [3.05, 3.63) is 53.6 Å². The van der Waals surface area contributed by atoms with Gasteiger partial charge in [0.1, 0.15) is 11.5 Å². The molecule has 1 atom stereocenters. The van der Waals surface area contributed by atoms with Crippen LogP contribution in [0.3, 0.4) is 0 Å². The molecule has 0 radical (unpaired) electrons. The molecule has 0 saturated carbocycles. The summed E-state index contributed by atoms with van der Waals surface area (Å²) in [5, 5.41) is 11.7. The number of ether oxygens (including phenoxy) is 2. The second-order valence-electron chi connectivity index (χ2n) is 5.25. The Morgan fingerprint density at radius 1 is 1.24 bits per heavy atom. The van der Waals surface area contributed by atoms with Crippen molar-refractivity contribution >= 4 is 17.7 Å². The van der Waals surface area contributed by atoms with Gasteiger partial charge in [-0.3, -0.25) is 4.79 Å². The summed E-state index contributed by atoms with van der Waals surface area (Å²) >= 11 is 1.35. The number of methoxy groups -OCH3 is 2. The molecular formula is C19H20N2O3S. The van der Waals surface area contributed by atoms with E-state index in [0.717, 1.165) is 10.5 Å². The van der Waals surface area contributed by atoms with Gasteiger partial charge in [-0.1, -0.05) is 12.1 Å². The lowest BCUT2D eigenvalue weighted by Crippen LogP contribution is -2.27. The Kier molecular flexibility index (Phi) is 6.72. The lowest BCUT2D eigenvalue weighted by molar-refractivity contribution is 0.0936. The predicted molar refractivity (Wildman–Crippen MR) is 98.2 cm³/mol. The number of nitrogens with zero attached hydrogens (tertiary/aromatic N) is 1. The Bertz CT molecular complexity index is 786. The molecule has 0 fully saturated rings. The number of nitriles is 1. The highest BCUT2D eigenvalue weighted by Gasteiger charge is 2.18. The van der Waals surface area contributed by atoms with Crippen LogP contribution >= 0.6 is 11.8 Å². The second kappa shape index (κ2) is 9.00. The molecule has 6 heteroatoms. The lowest BCUT2D eigenvalue weighted by Gasteiger charge is -2.19. The van der Waals surface area contributed by atoms with Gasteiger partial charge in [-0.25, -0.2) is 0 Å². The van der Waals surface area contributed by atoms with Crippen molar-refractivity contribution in [3.63, 3.8) is 0 Å². The van der Waals surface area contributed by atoms with E-state index in [0.29, 0.717) is 22.8 Å². The van der Waals surface area contributed by atoms with E-state index in [1.807, 2.05) is 43.3 Å². The fourth-order valence-electron chi connectivity index (χ4n) is 2.42. The largest absolute Gasteiger partial charge is 0.497 e. The molecule has 0 aliphatic rings. The average Bonchev–Trinajstić information content (AvgIpc) is 2.65. The number of hydrogen-bond acceptors (Lipinski definition) is 5. The molecule has 0 spiro atoms. The molecule has 0 aromatic heterocycles. The molecule has 2 aromatic rings. The van der Waals surface area contributed by atoms with E-state index >= 15 is 0 Å². The van der Waals surface area contributed by atoms with Crippen LogP contribution in [-0.2, 0) is 0 Å². The number of carbonyl (C=O) groups excluding carboxylic acids is 1. The first-order chi connectivity index (χ1) is 12.1. The number of carbonyl (C=O) groups is 1. The van der Waals surface area contributed by atoms with Crippen molar-refractivity contribution < 1.29 is 14.3 Å². The number of hydrogen-bond donors (Lipinski definition) is 1. The van der Waals surface area contributed by atoms with Crippen LogP contribution in [0.4, 0.5) is 0 Å². The fourth-order valence-corrected chi connectivity index (χ4v) is 3.13. The van der Waals surface area contributed by atoms with Crippen LogP contribution in [0.1, 0.15) is 28.9 Å². The third-order valence-corrected chi connectivity index (χ3v) is 4.62. The minimum Gasteiger partial charge on any atom is -0.497 e. The van der Waals surface area contributed by atoms with Gasteiger partial charge in [0.15, 0.2) is 0 Å². The molecular weight excluding hydrogens is 336 g/mol. The van der Waals surface area contributed by atoms with Crippen LogP contribution in [0.15, 0.2) is 47.4 Å². The smallest absolute Gasteiger partial charge is 0.252 e. The van der Waals surface area contributed by atoms with Gasteiger partial charge in [0.2, 0.25) is 0 Å². The molecule has 0 heterocycles. The summed E-state index contributed by atoms with van der Waals surface area (Å²) in [6.07, 6.45) is 0. The van der Waals surface area contributed by atoms with Gasteiger partial charge in [0.25, 0.3) is 5.91 Å². The van der Waals surface area contributed by atoms with Crippen molar-refractivity contribution in [2.75, 3.05) is 20.0 Å². The van der Waals surface area contributed by atoms with Gasteiger partial charge >= 0.3 is 0 Å². The van der Waals surface area contributed by atoms with Crippen LogP contribution in [0.25, 0.3) is 0 Å². The van der Waals surface area contributed by atoms with Crippen molar-refractivity contribution in [1.82, 2.24) is 5.32 Å². The maximum Gasteiger partial charge on any atom is 0.252 e. The molecule has 130 valence electrons. The molecule has 0 aliphatic heterocycles. The first kappa shape index (κ1) is 18.7. The molecule has 0 unspecified atom stereocenters. The first-order valence-electron chi connectivity index (χ1n) is 7.72. The van der Waals surface area contributed by atoms with E-state index in [1.165, 1.54) is 11.8 Å². The predicted octanol–water partition coefficient (Wildman–Crippen LogP) is 3.81. The zero-order valence-electron chi connectivity index (χ0n) is 14.4. The van der Waals surface area contributed by atoms with Crippen molar-refractivity contribution in [2.24, 2.45) is 0 Å². The summed E-state index contributed by atoms with van der Waals surface area (Å²) in [4.78, 5) is 13.5. The van der Waals surface area contributed by atoms with Crippen LogP contribution in [0, 0.1) is 11.3 Å². The SMILES string of the molecule is COc1ccc(OC)c([C@@H](C)NC(=O)c2ccccc2SCC#N)c1. The van der Waals surface area contributed by atoms with Crippen LogP contribution in [-0.4, -0.2) is 25.9 Å². The van der Waals surface area contributed by atoms with E-state index in [4.69, 9.17) is 14.7 Å². The van der Waals surface area contributed by atoms with Crippen molar-refractivity contribution in [1.29, 1.82) is 5.26 Å². The Balaban J connectivity index is 2.22. The third kappa shape index (κ3) is 4.68. The van der Waals surface area contributed by atoms with Crippen LogP contribution in [0.2, 0.25) is 0 Å². The van der Waals surface area contributed by atoms with E-state index in [9.17, 15) is 4.79 Å². The Morgan fingerprint density at radius 3 is 2.68 bits per heavy atom. The molecule has 0 bridgehead atoms. The number of amides is 1. The van der Waals surface area contributed by atoms with E-state index in [1.54, 1.807) is 20.3 Å². The molecule has 25 heavy (non-hydrogen) atoms. The minimum atomic E-state index is -0.272. The third-order valence-electron chi connectivity index (χ3n) is 3.67. The molecule has 2 aromatic carbocycles. The Morgan fingerprint density at radius 2 is 2.00 bits per heavy atom. The monoisotopic (exact) mass is 356 g/mol. The highest BCUT2D eigenvalue weighted by molar-refractivity contribution is 7.99. The van der Waals surface area contributed by atoms with Gasteiger partial charge < -0.3 is 14.8 Å². The summed E-state index contributed by atoms with van der Waals surface area (Å²) in [6.45, 7) is 1.89. The lowest BCUT2D eigenvalue weighted by atomic mass is 10.1. The van der Waals surface area contributed by atoms with E-state index < -0.39 is 0 Å². The second-order valence-corrected chi connectivity index (χ2v) is 6.26. The molecule has 1 N–H and O–H groups in total. The van der Waals surface area contributed by atoms with Crippen LogP contribution < -0.4 is 14.8 Å². The molecule has 1 amide bonds. The zero-order valence-corrected chi connectivity index (χ0v) is 15.2. The number of thioether (sulfide) groups is 1. The maximum absolute atomic E-state index is 12.7.